The third kappa shape index (κ3) is 7.48. The third-order valence-electron chi connectivity index (χ3n) is 5.20. The third-order valence-corrected chi connectivity index (χ3v) is 6.83. The van der Waals surface area contributed by atoms with E-state index in [9.17, 15) is 21.6 Å². The average Bonchev–Trinajstić information content (AvgIpc) is 2.66. The number of aliphatic imine (C=N–C) groups is 1. The quantitative estimate of drug-likeness (QED) is 0.308. The van der Waals surface area contributed by atoms with Crippen molar-refractivity contribution < 1.29 is 21.6 Å². The summed E-state index contributed by atoms with van der Waals surface area (Å²) < 4.78 is 61.8. The predicted octanol–water partition coefficient (Wildman–Crippen LogP) is 3.76. The maximum atomic E-state index is 12.7. The normalized spacial score (nSPS) is 17.2. The van der Waals surface area contributed by atoms with E-state index >= 15 is 0 Å². The van der Waals surface area contributed by atoms with Gasteiger partial charge >= 0.3 is 15.5 Å². The van der Waals surface area contributed by atoms with Crippen molar-refractivity contribution in [2.24, 2.45) is 4.99 Å². The van der Waals surface area contributed by atoms with Gasteiger partial charge in [-0.25, -0.2) is 8.42 Å². The van der Waals surface area contributed by atoms with Crippen molar-refractivity contribution in [3.05, 3.63) is 35.4 Å². The smallest absolute Gasteiger partial charge is 0.357 e. The molecule has 178 valence electrons. The van der Waals surface area contributed by atoms with Gasteiger partial charge in [0.05, 0.1) is 6.54 Å². The largest absolute Gasteiger partial charge is 0.511 e. The van der Waals surface area contributed by atoms with Gasteiger partial charge in [0.15, 0.2) is 5.96 Å². The van der Waals surface area contributed by atoms with Crippen LogP contribution in [-0.2, 0) is 15.4 Å². The van der Waals surface area contributed by atoms with Gasteiger partial charge in [-0.3, -0.25) is 4.99 Å². The van der Waals surface area contributed by atoms with Crippen LogP contribution in [0.15, 0.2) is 29.3 Å². The molecule has 0 aromatic heterocycles. The Labute approximate surface area is 200 Å². The first-order valence-electron chi connectivity index (χ1n) is 10.1. The highest BCUT2D eigenvalue weighted by Crippen LogP contribution is 2.29. The second-order valence-corrected chi connectivity index (χ2v) is 10.1. The second kappa shape index (κ2) is 11.2. The number of piperidine rings is 1. The fourth-order valence-corrected chi connectivity index (χ4v) is 4.32. The van der Waals surface area contributed by atoms with Gasteiger partial charge in [0.1, 0.15) is 0 Å². The number of nitrogens with one attached hydrogen (secondary N) is 2. The molecule has 1 aliphatic heterocycles. The SMILES string of the molecule is CCNC(=NCC(C)(C)c1cccc(C)c1)NC1CCN(S(=O)(=O)C(F)(F)F)CC1.I. The topological polar surface area (TPSA) is 73.8 Å². The molecule has 1 fully saturated rings. The van der Waals surface area contributed by atoms with Gasteiger partial charge in [-0.1, -0.05) is 43.7 Å². The highest BCUT2D eigenvalue weighted by Gasteiger charge is 2.50. The van der Waals surface area contributed by atoms with E-state index in [1.807, 2.05) is 26.0 Å². The van der Waals surface area contributed by atoms with Crippen LogP contribution in [0.5, 0.6) is 0 Å². The van der Waals surface area contributed by atoms with Gasteiger partial charge in [-0.2, -0.15) is 17.5 Å². The summed E-state index contributed by atoms with van der Waals surface area (Å²) >= 11 is 0. The minimum Gasteiger partial charge on any atom is -0.357 e. The van der Waals surface area contributed by atoms with Crippen LogP contribution in [0.4, 0.5) is 13.2 Å². The van der Waals surface area contributed by atoms with Crippen molar-refractivity contribution in [3.63, 3.8) is 0 Å². The molecule has 2 rings (SSSR count). The van der Waals surface area contributed by atoms with Crippen LogP contribution in [0.3, 0.4) is 0 Å². The Morgan fingerprint density at radius 3 is 2.35 bits per heavy atom. The van der Waals surface area contributed by atoms with Gasteiger partial charge in [-0.05, 0) is 32.3 Å². The summed E-state index contributed by atoms with van der Waals surface area (Å²) in [4.78, 5) is 4.67. The van der Waals surface area contributed by atoms with Crippen molar-refractivity contribution in [2.45, 2.75) is 57.5 Å². The van der Waals surface area contributed by atoms with Crippen LogP contribution >= 0.6 is 24.0 Å². The first-order chi connectivity index (χ1) is 13.9. The van der Waals surface area contributed by atoms with E-state index in [0.29, 0.717) is 23.4 Å². The zero-order valence-corrected chi connectivity index (χ0v) is 21.4. The first-order valence-corrected chi connectivity index (χ1v) is 11.5. The molecule has 0 saturated carbocycles. The summed E-state index contributed by atoms with van der Waals surface area (Å²) in [6.45, 7) is 9.00. The molecule has 31 heavy (non-hydrogen) atoms. The molecule has 0 bridgehead atoms. The van der Waals surface area contributed by atoms with E-state index < -0.39 is 15.5 Å². The number of aryl methyl sites for hydroxylation is 1. The van der Waals surface area contributed by atoms with Crippen LogP contribution in [0.2, 0.25) is 0 Å². The number of hydrogen-bond acceptors (Lipinski definition) is 3. The van der Waals surface area contributed by atoms with E-state index in [4.69, 9.17) is 0 Å². The summed E-state index contributed by atoms with van der Waals surface area (Å²) in [5.41, 5.74) is -3.10. The van der Waals surface area contributed by atoms with Crippen molar-refractivity contribution in [1.29, 1.82) is 0 Å². The van der Waals surface area contributed by atoms with E-state index in [1.54, 1.807) is 0 Å². The molecular weight excluding hydrogens is 544 g/mol. The number of guanidine groups is 1. The van der Waals surface area contributed by atoms with E-state index in [0.717, 1.165) is 0 Å². The summed E-state index contributed by atoms with van der Waals surface area (Å²) in [5, 5.41) is 6.40. The Hall–Kier alpha value is -1.08. The molecule has 6 nitrogen and oxygen atoms in total. The Kier molecular flexibility index (Phi) is 10.1. The molecule has 1 aromatic rings. The van der Waals surface area contributed by atoms with Crippen LogP contribution < -0.4 is 10.6 Å². The van der Waals surface area contributed by atoms with E-state index in [2.05, 4.69) is 41.6 Å². The van der Waals surface area contributed by atoms with Crippen molar-refractivity contribution in [2.75, 3.05) is 26.2 Å². The Bertz CT molecular complexity index is 852. The van der Waals surface area contributed by atoms with Crippen LogP contribution in [-0.4, -0.2) is 56.4 Å². The maximum absolute atomic E-state index is 12.7. The molecule has 0 radical (unpaired) electrons. The molecule has 0 aliphatic carbocycles. The van der Waals surface area contributed by atoms with E-state index in [1.165, 1.54) is 11.1 Å². The molecule has 11 heteroatoms. The summed E-state index contributed by atoms with van der Waals surface area (Å²) in [5.74, 6) is 0.579. The Morgan fingerprint density at radius 2 is 1.84 bits per heavy atom. The molecule has 2 N–H and O–H groups in total. The number of sulfonamides is 1. The molecule has 0 spiro atoms. The van der Waals surface area contributed by atoms with Crippen molar-refractivity contribution in [3.8, 4) is 0 Å². The predicted molar refractivity (Wildman–Crippen MR) is 128 cm³/mol. The lowest BCUT2D eigenvalue weighted by molar-refractivity contribution is -0.0494. The summed E-state index contributed by atoms with van der Waals surface area (Å²) in [6, 6.07) is 8.11. The highest BCUT2D eigenvalue weighted by atomic mass is 127. The fourth-order valence-electron chi connectivity index (χ4n) is 3.33. The van der Waals surface area contributed by atoms with Gasteiger partial charge in [-0.15, -0.1) is 24.0 Å². The molecule has 0 amide bonds. The van der Waals surface area contributed by atoms with Gasteiger partial charge in [0, 0.05) is 31.1 Å². The van der Waals surface area contributed by atoms with E-state index in [-0.39, 0.29) is 61.4 Å². The molecule has 0 unspecified atom stereocenters. The lowest BCUT2D eigenvalue weighted by atomic mass is 9.84. The molecule has 1 heterocycles. The molecule has 1 aromatic carbocycles. The Morgan fingerprint density at radius 1 is 1.23 bits per heavy atom. The zero-order chi connectivity index (χ0) is 22.6. The number of rotatable bonds is 6. The van der Waals surface area contributed by atoms with Crippen molar-refractivity contribution in [1.82, 2.24) is 14.9 Å². The molecular formula is C20H32F3IN4O2S. The minimum atomic E-state index is -5.27. The lowest BCUT2D eigenvalue weighted by Gasteiger charge is -2.33. The Balaban J connectivity index is 0.00000480. The summed E-state index contributed by atoms with van der Waals surface area (Å²) in [7, 11) is -5.27. The van der Waals surface area contributed by atoms with Crippen LogP contribution in [0.25, 0.3) is 0 Å². The molecule has 1 saturated heterocycles. The number of nitrogens with zero attached hydrogens (tertiary/aromatic N) is 2. The van der Waals surface area contributed by atoms with Crippen LogP contribution in [0, 0.1) is 6.92 Å². The van der Waals surface area contributed by atoms with Crippen molar-refractivity contribution >= 4 is 40.0 Å². The highest BCUT2D eigenvalue weighted by molar-refractivity contribution is 14.0. The molecule has 0 atom stereocenters. The number of benzene rings is 1. The fraction of sp³-hybridized carbons (Fsp3) is 0.650. The monoisotopic (exact) mass is 576 g/mol. The number of alkyl halides is 3. The number of halogens is 4. The van der Waals surface area contributed by atoms with Gasteiger partial charge in [0.25, 0.3) is 0 Å². The first kappa shape index (κ1) is 28.0. The standard InChI is InChI=1S/C20H31F3N4O2S.HI/c1-5-24-18(25-14-19(3,4)16-8-6-7-15(2)13-16)26-17-9-11-27(12-10-17)30(28,29)20(21,22)23;/h6-8,13,17H,5,9-12,14H2,1-4H3,(H2,24,25,26);1H. The minimum absolute atomic E-state index is 0. The lowest BCUT2D eigenvalue weighted by Crippen LogP contribution is -2.51. The average molecular weight is 576 g/mol. The summed E-state index contributed by atoms with van der Waals surface area (Å²) in [6.07, 6.45) is 0.558. The zero-order valence-electron chi connectivity index (χ0n) is 18.3. The van der Waals surface area contributed by atoms with Crippen LogP contribution in [0.1, 0.15) is 44.7 Å². The second-order valence-electron chi connectivity index (χ2n) is 8.22. The van der Waals surface area contributed by atoms with Gasteiger partial charge in [0.2, 0.25) is 0 Å². The number of hydrogen-bond donors (Lipinski definition) is 2. The van der Waals surface area contributed by atoms with Gasteiger partial charge < -0.3 is 10.6 Å². The maximum Gasteiger partial charge on any atom is 0.511 e. The molecule has 1 aliphatic rings.